The zero-order valence-corrected chi connectivity index (χ0v) is 15.5. The fourth-order valence-corrected chi connectivity index (χ4v) is 2.90. The highest BCUT2D eigenvalue weighted by Gasteiger charge is 2.32. The molecule has 3 aromatic rings. The quantitative estimate of drug-likeness (QED) is 0.619. The summed E-state index contributed by atoms with van der Waals surface area (Å²) in [6.45, 7) is 0.236. The molecule has 29 heavy (non-hydrogen) atoms. The van der Waals surface area contributed by atoms with Crippen LogP contribution in [0.1, 0.15) is 12.5 Å². The average Bonchev–Trinajstić information content (AvgIpc) is 2.66. The summed E-state index contributed by atoms with van der Waals surface area (Å²) in [5.41, 5.74) is 1.66. The summed E-state index contributed by atoms with van der Waals surface area (Å²) in [6, 6.07) is 10.5. The maximum absolute atomic E-state index is 13.5. The standard InChI is InChI=1S/C20H18F4N4O/c1-13(29)28(11-20(22,23)24)16-5-2-14(3-6-16)8-9-25-19-17-10-15(21)4-7-18(17)26-12-27-19/h2-7,10,12H,8-9,11H2,1H3,(H,25,26,27). The number of alkyl halides is 3. The van der Waals surface area contributed by atoms with Gasteiger partial charge in [0.05, 0.1) is 5.52 Å². The van der Waals surface area contributed by atoms with Gasteiger partial charge in [-0.1, -0.05) is 12.1 Å². The molecular formula is C20H18F4N4O. The molecule has 2 aromatic carbocycles. The Hall–Kier alpha value is -3.23. The van der Waals surface area contributed by atoms with Gasteiger partial charge >= 0.3 is 6.18 Å². The maximum atomic E-state index is 13.5. The normalized spacial score (nSPS) is 11.5. The molecule has 0 unspecified atom stereocenters. The van der Waals surface area contributed by atoms with Crippen LogP contribution in [0.2, 0.25) is 0 Å². The third kappa shape index (κ3) is 5.40. The van der Waals surface area contributed by atoms with E-state index in [4.69, 9.17) is 0 Å². The summed E-state index contributed by atoms with van der Waals surface area (Å²) in [7, 11) is 0. The monoisotopic (exact) mass is 406 g/mol. The van der Waals surface area contributed by atoms with Gasteiger partial charge in [-0.2, -0.15) is 13.2 Å². The Kier molecular flexibility index (Phi) is 5.95. The van der Waals surface area contributed by atoms with Gasteiger partial charge in [0.25, 0.3) is 0 Å². The lowest BCUT2D eigenvalue weighted by Crippen LogP contribution is -2.37. The predicted octanol–water partition coefficient (Wildman–Crippen LogP) is 4.34. The number of nitrogens with zero attached hydrogens (tertiary/aromatic N) is 3. The van der Waals surface area contributed by atoms with Gasteiger partial charge in [0.2, 0.25) is 5.91 Å². The molecule has 3 rings (SSSR count). The largest absolute Gasteiger partial charge is 0.406 e. The number of amides is 1. The molecule has 9 heteroatoms. The Morgan fingerprint density at radius 2 is 1.83 bits per heavy atom. The van der Waals surface area contributed by atoms with Crippen molar-refractivity contribution in [2.75, 3.05) is 23.3 Å². The second kappa shape index (κ2) is 8.42. The minimum Gasteiger partial charge on any atom is -0.369 e. The fraction of sp³-hybridized carbons (Fsp3) is 0.250. The van der Waals surface area contributed by atoms with Gasteiger partial charge < -0.3 is 10.2 Å². The number of nitrogens with one attached hydrogen (secondary N) is 1. The first-order valence-electron chi connectivity index (χ1n) is 8.81. The summed E-state index contributed by atoms with van der Waals surface area (Å²) in [6.07, 6.45) is -2.54. The summed E-state index contributed by atoms with van der Waals surface area (Å²) >= 11 is 0. The van der Waals surface area contributed by atoms with E-state index < -0.39 is 18.6 Å². The average molecular weight is 406 g/mol. The highest BCUT2D eigenvalue weighted by molar-refractivity contribution is 5.91. The lowest BCUT2D eigenvalue weighted by Gasteiger charge is -2.22. The summed E-state index contributed by atoms with van der Waals surface area (Å²) in [5.74, 6) is -0.571. The predicted molar refractivity (Wildman–Crippen MR) is 102 cm³/mol. The van der Waals surface area contributed by atoms with Gasteiger partial charge in [0.1, 0.15) is 24.5 Å². The SMILES string of the molecule is CC(=O)N(CC(F)(F)F)c1ccc(CCNc2ncnc3ccc(F)cc23)cc1. The second-order valence-electron chi connectivity index (χ2n) is 6.45. The van der Waals surface area contributed by atoms with Crippen LogP contribution in [-0.2, 0) is 11.2 Å². The van der Waals surface area contributed by atoms with Crippen LogP contribution in [0.15, 0.2) is 48.8 Å². The zero-order chi connectivity index (χ0) is 21.0. The van der Waals surface area contributed by atoms with Crippen molar-refractivity contribution in [3.05, 3.63) is 60.2 Å². The molecular weight excluding hydrogens is 388 g/mol. The number of hydrogen-bond donors (Lipinski definition) is 1. The number of hydrogen-bond acceptors (Lipinski definition) is 4. The molecule has 152 valence electrons. The summed E-state index contributed by atoms with van der Waals surface area (Å²) in [4.78, 5) is 20.4. The van der Waals surface area contributed by atoms with Crippen molar-refractivity contribution in [1.29, 1.82) is 0 Å². The molecule has 0 fully saturated rings. The Balaban J connectivity index is 1.65. The van der Waals surface area contributed by atoms with Gasteiger partial charge in [-0.25, -0.2) is 14.4 Å². The van der Waals surface area contributed by atoms with Crippen molar-refractivity contribution < 1.29 is 22.4 Å². The maximum Gasteiger partial charge on any atom is 0.406 e. The van der Waals surface area contributed by atoms with E-state index in [1.165, 1.54) is 30.6 Å². The molecule has 1 heterocycles. The van der Waals surface area contributed by atoms with Gasteiger partial charge in [0.15, 0.2) is 0 Å². The fourth-order valence-electron chi connectivity index (χ4n) is 2.90. The third-order valence-corrected chi connectivity index (χ3v) is 4.27. The number of aromatic nitrogens is 2. The van der Waals surface area contributed by atoms with Crippen LogP contribution in [0.25, 0.3) is 10.9 Å². The van der Waals surface area contributed by atoms with E-state index in [2.05, 4.69) is 15.3 Å². The molecule has 0 radical (unpaired) electrons. The Labute approximate surface area is 164 Å². The van der Waals surface area contributed by atoms with E-state index in [0.717, 1.165) is 12.5 Å². The van der Waals surface area contributed by atoms with Crippen molar-refractivity contribution in [3.63, 3.8) is 0 Å². The number of rotatable bonds is 6. The number of carbonyl (C=O) groups excluding carboxylic acids is 1. The number of fused-ring (bicyclic) bond motifs is 1. The molecule has 0 aliphatic carbocycles. The molecule has 1 amide bonds. The first-order valence-corrected chi connectivity index (χ1v) is 8.81. The van der Waals surface area contributed by atoms with Crippen molar-refractivity contribution in [2.45, 2.75) is 19.5 Å². The smallest absolute Gasteiger partial charge is 0.369 e. The molecule has 0 bridgehead atoms. The first kappa shape index (κ1) is 20.5. The lowest BCUT2D eigenvalue weighted by atomic mass is 10.1. The van der Waals surface area contributed by atoms with Crippen LogP contribution >= 0.6 is 0 Å². The Morgan fingerprint density at radius 1 is 1.10 bits per heavy atom. The van der Waals surface area contributed by atoms with Gasteiger partial charge in [-0.3, -0.25) is 4.79 Å². The molecule has 0 saturated heterocycles. The minimum atomic E-state index is -4.48. The third-order valence-electron chi connectivity index (χ3n) is 4.27. The van der Waals surface area contributed by atoms with Crippen molar-refractivity contribution >= 4 is 28.3 Å². The Morgan fingerprint density at radius 3 is 2.48 bits per heavy atom. The van der Waals surface area contributed by atoms with Crippen molar-refractivity contribution in [2.24, 2.45) is 0 Å². The highest BCUT2D eigenvalue weighted by Crippen LogP contribution is 2.23. The van der Waals surface area contributed by atoms with Crippen LogP contribution in [0.4, 0.5) is 29.1 Å². The number of carbonyl (C=O) groups is 1. The number of anilines is 2. The van der Waals surface area contributed by atoms with Crippen LogP contribution in [0.5, 0.6) is 0 Å². The van der Waals surface area contributed by atoms with E-state index in [0.29, 0.717) is 34.6 Å². The minimum absolute atomic E-state index is 0.184. The molecule has 0 saturated carbocycles. The number of halogens is 4. The van der Waals surface area contributed by atoms with E-state index in [9.17, 15) is 22.4 Å². The van der Waals surface area contributed by atoms with E-state index >= 15 is 0 Å². The van der Waals surface area contributed by atoms with Crippen LogP contribution in [0, 0.1) is 5.82 Å². The molecule has 1 N–H and O–H groups in total. The van der Waals surface area contributed by atoms with Gasteiger partial charge in [0, 0.05) is 24.5 Å². The van der Waals surface area contributed by atoms with E-state index in [-0.39, 0.29) is 11.5 Å². The first-order chi connectivity index (χ1) is 13.7. The second-order valence-corrected chi connectivity index (χ2v) is 6.45. The van der Waals surface area contributed by atoms with Crippen molar-refractivity contribution in [1.82, 2.24) is 9.97 Å². The van der Waals surface area contributed by atoms with Crippen LogP contribution < -0.4 is 10.2 Å². The summed E-state index contributed by atoms with van der Waals surface area (Å²) in [5, 5.41) is 3.68. The van der Waals surface area contributed by atoms with Crippen LogP contribution in [0.3, 0.4) is 0 Å². The topological polar surface area (TPSA) is 58.1 Å². The molecule has 5 nitrogen and oxygen atoms in total. The molecule has 0 aliphatic rings. The summed E-state index contributed by atoms with van der Waals surface area (Å²) < 4.78 is 51.5. The Bertz CT molecular complexity index is 1010. The van der Waals surface area contributed by atoms with Gasteiger partial charge in [-0.15, -0.1) is 0 Å². The van der Waals surface area contributed by atoms with E-state index in [1.54, 1.807) is 18.2 Å². The van der Waals surface area contributed by atoms with Crippen molar-refractivity contribution in [3.8, 4) is 0 Å². The highest BCUT2D eigenvalue weighted by atomic mass is 19.4. The molecule has 1 aromatic heterocycles. The molecule has 0 spiro atoms. The number of benzene rings is 2. The van der Waals surface area contributed by atoms with Gasteiger partial charge in [-0.05, 0) is 42.3 Å². The van der Waals surface area contributed by atoms with E-state index in [1.807, 2.05) is 0 Å². The lowest BCUT2D eigenvalue weighted by molar-refractivity contribution is -0.131. The van der Waals surface area contributed by atoms with Crippen LogP contribution in [-0.4, -0.2) is 35.1 Å². The molecule has 0 aliphatic heterocycles. The zero-order valence-electron chi connectivity index (χ0n) is 15.5. The molecule has 0 atom stereocenters.